The fraction of sp³-hybridized carbons (Fsp3) is 0.571. The maximum absolute atomic E-state index is 13.6. The standard InChI is InChI=1S/C14H18F2O/c1-2-11-6-4-8-14(11,17)9-10-5-3-7-12(15)13(10)16/h3,5,7,11,17H,2,4,6,8-9H2,1H3. The van der Waals surface area contributed by atoms with E-state index >= 15 is 0 Å². The van der Waals surface area contributed by atoms with E-state index < -0.39 is 17.2 Å². The number of benzene rings is 1. The van der Waals surface area contributed by atoms with E-state index in [1.54, 1.807) is 6.07 Å². The second kappa shape index (κ2) is 4.73. The molecule has 94 valence electrons. The van der Waals surface area contributed by atoms with Gasteiger partial charge in [0.1, 0.15) is 0 Å². The monoisotopic (exact) mass is 240 g/mol. The van der Waals surface area contributed by atoms with Gasteiger partial charge in [-0.05, 0) is 30.4 Å². The van der Waals surface area contributed by atoms with E-state index in [9.17, 15) is 13.9 Å². The van der Waals surface area contributed by atoms with Gasteiger partial charge in [0.25, 0.3) is 0 Å². The van der Waals surface area contributed by atoms with Gasteiger partial charge >= 0.3 is 0 Å². The molecule has 1 aliphatic carbocycles. The van der Waals surface area contributed by atoms with Crippen LogP contribution in [0.4, 0.5) is 8.78 Å². The summed E-state index contributed by atoms with van der Waals surface area (Å²) in [6.07, 6.45) is 3.72. The van der Waals surface area contributed by atoms with Gasteiger partial charge in [-0.1, -0.05) is 31.9 Å². The summed E-state index contributed by atoms with van der Waals surface area (Å²) in [5.41, 5.74) is -0.573. The van der Waals surface area contributed by atoms with Crippen molar-refractivity contribution in [2.24, 2.45) is 5.92 Å². The molecule has 1 N–H and O–H groups in total. The Hall–Kier alpha value is -0.960. The van der Waals surface area contributed by atoms with Gasteiger partial charge in [-0.25, -0.2) is 8.78 Å². The van der Waals surface area contributed by atoms with Crippen LogP contribution < -0.4 is 0 Å². The van der Waals surface area contributed by atoms with Crippen molar-refractivity contribution in [3.63, 3.8) is 0 Å². The highest BCUT2D eigenvalue weighted by Crippen LogP contribution is 2.40. The summed E-state index contributed by atoms with van der Waals surface area (Å²) in [6.45, 7) is 2.03. The average Bonchev–Trinajstić information content (AvgIpc) is 2.66. The molecule has 1 aromatic rings. The highest BCUT2D eigenvalue weighted by Gasteiger charge is 2.40. The molecule has 0 aromatic heterocycles. The van der Waals surface area contributed by atoms with Crippen LogP contribution in [0.15, 0.2) is 18.2 Å². The van der Waals surface area contributed by atoms with E-state index in [1.807, 2.05) is 6.92 Å². The van der Waals surface area contributed by atoms with Crippen molar-refractivity contribution in [3.05, 3.63) is 35.4 Å². The second-order valence-electron chi connectivity index (χ2n) is 4.99. The van der Waals surface area contributed by atoms with Gasteiger partial charge in [0.15, 0.2) is 11.6 Å². The number of hydrogen-bond donors (Lipinski definition) is 1. The Balaban J connectivity index is 2.23. The van der Waals surface area contributed by atoms with Crippen LogP contribution in [-0.4, -0.2) is 10.7 Å². The first-order valence-electron chi connectivity index (χ1n) is 6.22. The lowest BCUT2D eigenvalue weighted by Crippen LogP contribution is -2.35. The molecule has 1 aromatic carbocycles. The molecule has 1 aliphatic rings. The van der Waals surface area contributed by atoms with E-state index in [4.69, 9.17) is 0 Å². The van der Waals surface area contributed by atoms with Gasteiger partial charge in [0.05, 0.1) is 5.60 Å². The molecule has 1 fully saturated rings. The quantitative estimate of drug-likeness (QED) is 0.858. The van der Waals surface area contributed by atoms with Crippen LogP contribution in [0.3, 0.4) is 0 Å². The van der Waals surface area contributed by atoms with Crippen molar-refractivity contribution >= 4 is 0 Å². The van der Waals surface area contributed by atoms with Crippen molar-refractivity contribution in [1.82, 2.24) is 0 Å². The van der Waals surface area contributed by atoms with Gasteiger partial charge in [-0.2, -0.15) is 0 Å². The maximum atomic E-state index is 13.6. The molecule has 2 rings (SSSR count). The molecule has 0 radical (unpaired) electrons. The Bertz CT molecular complexity index is 405. The molecular formula is C14H18F2O. The normalized spacial score (nSPS) is 28.6. The van der Waals surface area contributed by atoms with Crippen LogP contribution in [0.25, 0.3) is 0 Å². The van der Waals surface area contributed by atoms with Crippen LogP contribution in [-0.2, 0) is 6.42 Å². The van der Waals surface area contributed by atoms with Crippen LogP contribution >= 0.6 is 0 Å². The van der Waals surface area contributed by atoms with Gasteiger partial charge in [0.2, 0.25) is 0 Å². The summed E-state index contributed by atoms with van der Waals surface area (Å²) in [5, 5.41) is 10.5. The van der Waals surface area contributed by atoms with Crippen molar-refractivity contribution in [2.75, 3.05) is 0 Å². The Morgan fingerprint density at radius 2 is 2.18 bits per heavy atom. The van der Waals surface area contributed by atoms with E-state index in [0.29, 0.717) is 6.42 Å². The average molecular weight is 240 g/mol. The molecule has 0 bridgehead atoms. The molecular weight excluding hydrogens is 222 g/mol. The van der Waals surface area contributed by atoms with Crippen LogP contribution in [0.5, 0.6) is 0 Å². The summed E-state index contributed by atoms with van der Waals surface area (Å²) in [7, 11) is 0. The molecule has 0 heterocycles. The van der Waals surface area contributed by atoms with Crippen molar-refractivity contribution in [1.29, 1.82) is 0 Å². The number of halogens is 2. The lowest BCUT2D eigenvalue weighted by Gasteiger charge is -2.29. The minimum Gasteiger partial charge on any atom is -0.389 e. The Morgan fingerprint density at radius 3 is 2.88 bits per heavy atom. The first-order valence-corrected chi connectivity index (χ1v) is 6.22. The third-order valence-electron chi connectivity index (χ3n) is 3.94. The van der Waals surface area contributed by atoms with Crippen LogP contribution in [0.2, 0.25) is 0 Å². The molecule has 0 saturated heterocycles. The van der Waals surface area contributed by atoms with E-state index in [1.165, 1.54) is 6.07 Å². The van der Waals surface area contributed by atoms with E-state index in [-0.39, 0.29) is 17.9 Å². The molecule has 1 saturated carbocycles. The van der Waals surface area contributed by atoms with Crippen LogP contribution in [0.1, 0.15) is 38.2 Å². The maximum Gasteiger partial charge on any atom is 0.162 e. The number of rotatable bonds is 3. The Labute approximate surface area is 100 Å². The summed E-state index contributed by atoms with van der Waals surface area (Å²) in [4.78, 5) is 0. The summed E-state index contributed by atoms with van der Waals surface area (Å²) in [5.74, 6) is -1.45. The van der Waals surface area contributed by atoms with Gasteiger partial charge < -0.3 is 5.11 Å². The molecule has 0 amide bonds. The predicted octanol–water partition coefficient (Wildman–Crippen LogP) is 3.45. The fourth-order valence-electron chi connectivity index (χ4n) is 2.96. The minimum absolute atomic E-state index is 0.199. The molecule has 1 nitrogen and oxygen atoms in total. The largest absolute Gasteiger partial charge is 0.389 e. The number of aliphatic hydroxyl groups is 1. The van der Waals surface area contributed by atoms with Crippen molar-refractivity contribution in [2.45, 2.75) is 44.6 Å². The molecule has 3 heteroatoms. The highest BCUT2D eigenvalue weighted by atomic mass is 19.2. The van der Waals surface area contributed by atoms with E-state index in [0.717, 1.165) is 25.3 Å². The van der Waals surface area contributed by atoms with Gasteiger partial charge in [0, 0.05) is 6.42 Å². The lowest BCUT2D eigenvalue weighted by atomic mass is 9.83. The van der Waals surface area contributed by atoms with Crippen LogP contribution in [0, 0.1) is 17.6 Å². The third-order valence-corrected chi connectivity index (χ3v) is 3.94. The first kappa shape index (κ1) is 12.5. The lowest BCUT2D eigenvalue weighted by molar-refractivity contribution is 0.000665. The van der Waals surface area contributed by atoms with Gasteiger partial charge in [-0.3, -0.25) is 0 Å². The Kier molecular flexibility index (Phi) is 3.48. The molecule has 0 aliphatic heterocycles. The first-order chi connectivity index (χ1) is 8.07. The van der Waals surface area contributed by atoms with Crippen molar-refractivity contribution in [3.8, 4) is 0 Å². The zero-order chi connectivity index (χ0) is 12.5. The minimum atomic E-state index is -0.858. The molecule has 2 atom stereocenters. The summed E-state index contributed by atoms with van der Waals surface area (Å²) >= 11 is 0. The topological polar surface area (TPSA) is 20.2 Å². The van der Waals surface area contributed by atoms with Gasteiger partial charge in [-0.15, -0.1) is 0 Å². The SMILES string of the molecule is CCC1CCCC1(O)Cc1cccc(F)c1F. The third kappa shape index (κ3) is 2.34. The molecule has 2 unspecified atom stereocenters. The molecule has 17 heavy (non-hydrogen) atoms. The predicted molar refractivity (Wildman–Crippen MR) is 62.6 cm³/mol. The highest BCUT2D eigenvalue weighted by molar-refractivity contribution is 5.21. The Morgan fingerprint density at radius 1 is 1.41 bits per heavy atom. The van der Waals surface area contributed by atoms with E-state index in [2.05, 4.69) is 0 Å². The fourth-order valence-corrected chi connectivity index (χ4v) is 2.96. The van der Waals surface area contributed by atoms with Crippen molar-refractivity contribution < 1.29 is 13.9 Å². The zero-order valence-electron chi connectivity index (χ0n) is 10.0. The number of hydrogen-bond acceptors (Lipinski definition) is 1. The smallest absolute Gasteiger partial charge is 0.162 e. The summed E-state index contributed by atoms with van der Waals surface area (Å²) < 4.78 is 26.7. The summed E-state index contributed by atoms with van der Waals surface area (Å²) in [6, 6.07) is 4.16. The molecule has 0 spiro atoms. The zero-order valence-corrected chi connectivity index (χ0v) is 10.0. The second-order valence-corrected chi connectivity index (χ2v) is 4.99.